The van der Waals surface area contributed by atoms with Gasteiger partial charge in [-0.1, -0.05) is 63.6 Å². The van der Waals surface area contributed by atoms with Crippen LogP contribution in [0.25, 0.3) is 0 Å². The molecule has 1 fully saturated rings. The first-order valence-corrected chi connectivity index (χ1v) is 8.36. The van der Waals surface area contributed by atoms with E-state index >= 15 is 0 Å². The lowest BCUT2D eigenvalue weighted by molar-refractivity contribution is -0.135. The van der Waals surface area contributed by atoms with Crippen LogP contribution in [-0.4, -0.2) is 35.3 Å². The van der Waals surface area contributed by atoms with Crippen molar-refractivity contribution >= 4 is 5.91 Å². The summed E-state index contributed by atoms with van der Waals surface area (Å²) in [5, 5.41) is 0. The molecule has 2 rings (SSSR count). The fraction of sp³-hybridized carbons (Fsp3) is 0.526. The maximum absolute atomic E-state index is 12.0. The van der Waals surface area contributed by atoms with Crippen molar-refractivity contribution in [2.24, 2.45) is 0 Å². The lowest BCUT2D eigenvalue weighted by atomic mass is 10.2. The van der Waals surface area contributed by atoms with Gasteiger partial charge in [0.05, 0.1) is 6.54 Å². The van der Waals surface area contributed by atoms with Crippen LogP contribution in [0.5, 0.6) is 0 Å². The quantitative estimate of drug-likeness (QED) is 0.831. The summed E-state index contributed by atoms with van der Waals surface area (Å²) in [6, 6.07) is 10.2. The fourth-order valence-electron chi connectivity index (χ4n) is 2.17. The molecule has 0 atom stereocenters. The minimum atomic E-state index is 0.211. The van der Waals surface area contributed by atoms with E-state index in [0.717, 1.165) is 19.6 Å². The maximum Gasteiger partial charge on any atom is 0.242 e. The van der Waals surface area contributed by atoms with Crippen LogP contribution in [0.2, 0.25) is 0 Å². The van der Waals surface area contributed by atoms with E-state index in [1.807, 2.05) is 50.8 Å². The van der Waals surface area contributed by atoms with Gasteiger partial charge in [0.25, 0.3) is 0 Å². The number of rotatable bonds is 3. The Morgan fingerprint density at radius 2 is 1.64 bits per heavy atom. The second-order valence-electron chi connectivity index (χ2n) is 4.98. The van der Waals surface area contributed by atoms with Crippen LogP contribution in [0.15, 0.2) is 42.1 Å². The average Bonchev–Trinajstić information content (AvgIpc) is 2.54. The lowest BCUT2D eigenvalue weighted by Crippen LogP contribution is -2.47. The largest absolute Gasteiger partial charge is 0.366 e. The Labute approximate surface area is 136 Å². The SMILES string of the molecule is CC.CC.CC(C)=CN1CCN(Cc2ccccc2)C(=O)C1. The Hall–Kier alpha value is -1.77. The van der Waals surface area contributed by atoms with Crippen molar-refractivity contribution in [3.63, 3.8) is 0 Å². The minimum Gasteiger partial charge on any atom is -0.366 e. The molecule has 3 nitrogen and oxygen atoms in total. The van der Waals surface area contributed by atoms with Crippen LogP contribution in [0.4, 0.5) is 0 Å². The van der Waals surface area contributed by atoms with Crippen molar-refractivity contribution < 1.29 is 4.79 Å². The van der Waals surface area contributed by atoms with Crippen LogP contribution >= 0.6 is 0 Å². The summed E-state index contributed by atoms with van der Waals surface area (Å²) in [7, 11) is 0. The van der Waals surface area contributed by atoms with E-state index in [0.29, 0.717) is 6.54 Å². The molecule has 0 aliphatic carbocycles. The zero-order valence-electron chi connectivity index (χ0n) is 15.1. The minimum absolute atomic E-state index is 0.211. The number of allylic oxidation sites excluding steroid dienone is 1. The highest BCUT2D eigenvalue weighted by Gasteiger charge is 2.21. The Kier molecular flexibility index (Phi) is 10.9. The van der Waals surface area contributed by atoms with Crippen molar-refractivity contribution in [2.45, 2.75) is 48.1 Å². The Balaban J connectivity index is 0.00000102. The third-order valence-corrected chi connectivity index (χ3v) is 3.01. The standard InChI is InChI=1S/C15H20N2O.2C2H6/c1-13(2)10-16-8-9-17(15(18)12-16)11-14-6-4-3-5-7-14;2*1-2/h3-7,10H,8-9,11-12H2,1-2H3;2*1-2H3. The van der Waals surface area contributed by atoms with Gasteiger partial charge >= 0.3 is 0 Å². The summed E-state index contributed by atoms with van der Waals surface area (Å²) in [6.45, 7) is 15.1. The van der Waals surface area contributed by atoms with Gasteiger partial charge in [0.15, 0.2) is 0 Å². The molecule has 0 unspecified atom stereocenters. The zero-order valence-corrected chi connectivity index (χ0v) is 15.1. The molecule has 1 amide bonds. The summed E-state index contributed by atoms with van der Waals surface area (Å²) in [5.74, 6) is 0.211. The third-order valence-electron chi connectivity index (χ3n) is 3.01. The first kappa shape index (κ1) is 20.2. The van der Waals surface area contributed by atoms with E-state index in [2.05, 4.69) is 37.1 Å². The third kappa shape index (κ3) is 7.30. The Morgan fingerprint density at radius 3 is 2.14 bits per heavy atom. The number of piperazine rings is 1. The summed E-state index contributed by atoms with van der Waals surface area (Å²) < 4.78 is 0. The Bertz CT molecular complexity index is 436. The molecule has 0 aromatic heterocycles. The lowest BCUT2D eigenvalue weighted by Gasteiger charge is -2.34. The van der Waals surface area contributed by atoms with E-state index in [1.54, 1.807) is 0 Å². The summed E-state index contributed by atoms with van der Waals surface area (Å²) in [4.78, 5) is 16.1. The molecule has 0 saturated carbocycles. The van der Waals surface area contributed by atoms with Gasteiger partial charge in [-0.3, -0.25) is 4.79 Å². The second-order valence-corrected chi connectivity index (χ2v) is 4.98. The van der Waals surface area contributed by atoms with Crippen LogP contribution in [0.1, 0.15) is 47.1 Å². The molecule has 1 aromatic carbocycles. The Morgan fingerprint density at radius 1 is 1.05 bits per heavy atom. The van der Waals surface area contributed by atoms with Crippen LogP contribution < -0.4 is 0 Å². The number of hydrogen-bond donors (Lipinski definition) is 0. The molecule has 1 aromatic rings. The molecule has 3 heteroatoms. The number of carbonyl (C=O) groups excluding carboxylic acids is 1. The van der Waals surface area contributed by atoms with Gasteiger partial charge in [-0.25, -0.2) is 0 Å². The van der Waals surface area contributed by atoms with E-state index in [1.165, 1.54) is 11.1 Å². The van der Waals surface area contributed by atoms with Crippen molar-refractivity contribution in [1.29, 1.82) is 0 Å². The van der Waals surface area contributed by atoms with Gasteiger partial charge in [0, 0.05) is 19.6 Å². The highest BCUT2D eigenvalue weighted by Crippen LogP contribution is 2.10. The fourth-order valence-corrected chi connectivity index (χ4v) is 2.17. The molecular weight excluding hydrogens is 272 g/mol. The predicted octanol–water partition coefficient (Wildman–Crippen LogP) is 4.31. The first-order valence-electron chi connectivity index (χ1n) is 8.36. The topological polar surface area (TPSA) is 23.6 Å². The van der Waals surface area contributed by atoms with Crippen molar-refractivity contribution in [2.75, 3.05) is 19.6 Å². The number of benzene rings is 1. The molecule has 0 spiro atoms. The monoisotopic (exact) mass is 304 g/mol. The highest BCUT2D eigenvalue weighted by atomic mass is 16.2. The van der Waals surface area contributed by atoms with Crippen LogP contribution in [-0.2, 0) is 11.3 Å². The van der Waals surface area contributed by atoms with E-state index in [4.69, 9.17) is 0 Å². The molecule has 0 bridgehead atoms. The average molecular weight is 304 g/mol. The number of carbonyl (C=O) groups is 1. The first-order chi connectivity index (χ1) is 10.6. The smallest absolute Gasteiger partial charge is 0.242 e. The molecule has 1 aliphatic rings. The van der Waals surface area contributed by atoms with E-state index in [9.17, 15) is 4.79 Å². The number of amides is 1. The van der Waals surface area contributed by atoms with E-state index in [-0.39, 0.29) is 5.91 Å². The molecule has 124 valence electrons. The van der Waals surface area contributed by atoms with Crippen LogP contribution in [0, 0.1) is 0 Å². The maximum atomic E-state index is 12.0. The van der Waals surface area contributed by atoms with Gasteiger partial charge in [-0.15, -0.1) is 0 Å². The second kappa shape index (κ2) is 11.8. The molecule has 0 N–H and O–H groups in total. The molecule has 1 saturated heterocycles. The van der Waals surface area contributed by atoms with Crippen molar-refractivity contribution in [3.05, 3.63) is 47.7 Å². The molecule has 22 heavy (non-hydrogen) atoms. The van der Waals surface area contributed by atoms with E-state index < -0.39 is 0 Å². The number of nitrogens with zero attached hydrogens (tertiary/aromatic N) is 2. The van der Waals surface area contributed by atoms with Gasteiger partial charge in [-0.2, -0.15) is 0 Å². The molecular formula is C19H32N2O. The molecule has 0 radical (unpaired) electrons. The van der Waals surface area contributed by atoms with Gasteiger partial charge in [0.2, 0.25) is 5.91 Å². The summed E-state index contributed by atoms with van der Waals surface area (Å²) in [5.41, 5.74) is 2.43. The van der Waals surface area contributed by atoms with Crippen LogP contribution in [0.3, 0.4) is 0 Å². The van der Waals surface area contributed by atoms with Gasteiger partial charge in [-0.05, 0) is 25.6 Å². The normalized spacial score (nSPS) is 13.5. The number of hydrogen-bond acceptors (Lipinski definition) is 2. The van der Waals surface area contributed by atoms with Gasteiger partial charge in [0.1, 0.15) is 0 Å². The molecule has 1 heterocycles. The predicted molar refractivity (Wildman–Crippen MR) is 95.6 cm³/mol. The highest BCUT2D eigenvalue weighted by molar-refractivity contribution is 5.79. The summed E-state index contributed by atoms with van der Waals surface area (Å²) >= 11 is 0. The van der Waals surface area contributed by atoms with Crippen molar-refractivity contribution in [3.8, 4) is 0 Å². The molecule has 1 aliphatic heterocycles. The van der Waals surface area contributed by atoms with Crippen molar-refractivity contribution in [1.82, 2.24) is 9.80 Å². The van der Waals surface area contributed by atoms with Gasteiger partial charge < -0.3 is 9.80 Å². The summed E-state index contributed by atoms with van der Waals surface area (Å²) in [6.07, 6.45) is 2.07. The zero-order chi connectivity index (χ0) is 17.0.